The molecule has 1 fully saturated rings. The molecule has 156 valence electrons. The minimum Gasteiger partial charge on any atom is -0.475 e. The number of carbonyl (C=O) groups is 1. The predicted molar refractivity (Wildman–Crippen MR) is 90.7 cm³/mol. The van der Waals surface area contributed by atoms with Crippen LogP contribution in [0.15, 0.2) is 0 Å². The second-order valence-corrected chi connectivity index (χ2v) is 6.74. The van der Waals surface area contributed by atoms with Gasteiger partial charge in [0.15, 0.2) is 0 Å². The number of β-amino-alcohol motifs (C(OH)–C–C–N with tert-alkyl or cyclic N) is 1. The van der Waals surface area contributed by atoms with Gasteiger partial charge in [-0.2, -0.15) is 13.2 Å². The summed E-state index contributed by atoms with van der Waals surface area (Å²) in [6.07, 6.45) is 1.22. The average Bonchev–Trinajstić information content (AvgIpc) is 3.01. The molecule has 0 amide bonds. The van der Waals surface area contributed by atoms with Crippen LogP contribution in [0.5, 0.6) is 0 Å². The zero-order valence-corrected chi connectivity index (χ0v) is 15.3. The molecule has 0 unspecified atom stereocenters. The normalized spacial score (nSPS) is 20.3. The Balaban J connectivity index is 0.000000758. The zero-order valence-electron chi connectivity index (χ0n) is 15.3. The fourth-order valence-electron chi connectivity index (χ4n) is 2.76. The van der Waals surface area contributed by atoms with E-state index in [1.807, 2.05) is 0 Å². The van der Waals surface area contributed by atoms with Gasteiger partial charge in [-0.15, -0.1) is 0 Å². The van der Waals surface area contributed by atoms with E-state index in [1.165, 1.54) is 19.3 Å². The highest BCUT2D eigenvalue weighted by atomic mass is 19.4. The summed E-state index contributed by atoms with van der Waals surface area (Å²) in [4.78, 5) is 11.0. The number of aliphatic carboxylic acids is 1. The Labute approximate surface area is 152 Å². The molecule has 1 aliphatic heterocycles. The highest BCUT2D eigenvalue weighted by molar-refractivity contribution is 5.73. The maximum atomic E-state index is 10.6. The van der Waals surface area contributed by atoms with Crippen LogP contribution in [-0.4, -0.2) is 75.9 Å². The fraction of sp³-hybridized carbons (Fsp3) is 0.941. The Morgan fingerprint density at radius 3 is 2.19 bits per heavy atom. The van der Waals surface area contributed by atoms with E-state index in [2.05, 4.69) is 11.8 Å². The molecule has 1 heterocycles. The Bertz CT molecular complexity index is 382. The molecule has 0 saturated carbocycles. The quantitative estimate of drug-likeness (QED) is 0.428. The summed E-state index contributed by atoms with van der Waals surface area (Å²) in [7, 11) is 0. The zero-order chi connectivity index (χ0) is 20.2. The van der Waals surface area contributed by atoms with Gasteiger partial charge in [0.05, 0.1) is 12.2 Å². The van der Waals surface area contributed by atoms with E-state index in [0.29, 0.717) is 18.9 Å². The summed E-state index contributed by atoms with van der Waals surface area (Å²) in [5.41, 5.74) is 0. The van der Waals surface area contributed by atoms with Crippen LogP contribution in [-0.2, 0) is 4.79 Å². The van der Waals surface area contributed by atoms with Gasteiger partial charge < -0.3 is 25.3 Å². The number of carboxylic acids is 1. The van der Waals surface area contributed by atoms with Crippen molar-refractivity contribution in [3.8, 4) is 0 Å². The van der Waals surface area contributed by atoms with Gasteiger partial charge in [0.1, 0.15) is 0 Å². The Kier molecular flexibility index (Phi) is 12.8. The van der Waals surface area contributed by atoms with E-state index < -0.39 is 24.4 Å². The van der Waals surface area contributed by atoms with Gasteiger partial charge in [-0.1, -0.05) is 39.0 Å². The van der Waals surface area contributed by atoms with Crippen molar-refractivity contribution in [2.75, 3.05) is 26.2 Å². The number of nitrogens with zero attached hydrogens (tertiary/aromatic N) is 1. The van der Waals surface area contributed by atoms with Crippen molar-refractivity contribution in [1.29, 1.82) is 0 Å². The molecular weight excluding hydrogens is 355 g/mol. The number of aliphatic hydroxyl groups excluding tert-OH is 3. The maximum absolute atomic E-state index is 10.6. The molecule has 26 heavy (non-hydrogen) atoms. The van der Waals surface area contributed by atoms with Crippen LogP contribution in [0.1, 0.15) is 51.9 Å². The third-order valence-corrected chi connectivity index (χ3v) is 4.36. The summed E-state index contributed by atoms with van der Waals surface area (Å²) in [6, 6.07) is 0. The van der Waals surface area contributed by atoms with Gasteiger partial charge in [-0.25, -0.2) is 4.79 Å². The van der Waals surface area contributed by atoms with E-state index in [9.17, 15) is 23.4 Å². The van der Waals surface area contributed by atoms with Crippen molar-refractivity contribution in [2.24, 2.45) is 5.92 Å². The third-order valence-electron chi connectivity index (χ3n) is 4.36. The first-order valence-electron chi connectivity index (χ1n) is 9.11. The van der Waals surface area contributed by atoms with Crippen molar-refractivity contribution in [2.45, 2.75) is 70.3 Å². The van der Waals surface area contributed by atoms with Crippen molar-refractivity contribution < 1.29 is 38.4 Å². The first-order chi connectivity index (χ1) is 12.1. The second kappa shape index (κ2) is 13.3. The van der Waals surface area contributed by atoms with Gasteiger partial charge in [0, 0.05) is 19.7 Å². The number of rotatable bonds is 10. The topological polar surface area (TPSA) is 101 Å². The van der Waals surface area contributed by atoms with Crippen LogP contribution in [0.4, 0.5) is 13.2 Å². The number of likely N-dealkylation sites (tertiary alicyclic amines) is 1. The molecule has 0 bridgehead atoms. The monoisotopic (exact) mass is 387 g/mol. The third kappa shape index (κ3) is 11.7. The van der Waals surface area contributed by atoms with Crippen LogP contribution >= 0.6 is 0 Å². The summed E-state index contributed by atoms with van der Waals surface area (Å²) in [5.74, 6) is -2.41. The number of unbranched alkanes of at least 4 members (excludes halogenated alkanes) is 4. The molecule has 0 aromatic carbocycles. The molecule has 1 aliphatic rings. The van der Waals surface area contributed by atoms with Gasteiger partial charge in [-0.3, -0.25) is 0 Å². The molecule has 1 rings (SSSR count). The van der Waals surface area contributed by atoms with Gasteiger partial charge in [-0.05, 0) is 25.3 Å². The molecule has 0 aromatic rings. The van der Waals surface area contributed by atoms with Crippen molar-refractivity contribution in [3.63, 3.8) is 0 Å². The number of alkyl halides is 3. The first kappa shape index (κ1) is 25.1. The summed E-state index contributed by atoms with van der Waals surface area (Å²) < 4.78 is 31.7. The molecule has 0 radical (unpaired) electrons. The Hall–Kier alpha value is -0.900. The van der Waals surface area contributed by atoms with Crippen LogP contribution in [0.2, 0.25) is 0 Å². The molecule has 1 saturated heterocycles. The van der Waals surface area contributed by atoms with Gasteiger partial charge in [0.25, 0.3) is 0 Å². The average molecular weight is 387 g/mol. The van der Waals surface area contributed by atoms with E-state index in [0.717, 1.165) is 32.4 Å². The van der Waals surface area contributed by atoms with Crippen LogP contribution < -0.4 is 0 Å². The molecule has 0 aliphatic carbocycles. The summed E-state index contributed by atoms with van der Waals surface area (Å²) in [5, 5.41) is 36.1. The van der Waals surface area contributed by atoms with Crippen molar-refractivity contribution in [1.82, 2.24) is 4.90 Å². The molecular formula is C17H32F3NO5. The predicted octanol–water partition coefficient (Wildman–Crippen LogP) is 2.02. The van der Waals surface area contributed by atoms with Crippen LogP contribution in [0, 0.1) is 5.92 Å². The van der Waals surface area contributed by atoms with Crippen molar-refractivity contribution >= 4 is 5.97 Å². The highest BCUT2D eigenvalue weighted by Crippen LogP contribution is 2.17. The lowest BCUT2D eigenvalue weighted by Crippen LogP contribution is -2.38. The molecule has 3 atom stereocenters. The van der Waals surface area contributed by atoms with Crippen LogP contribution in [0.3, 0.4) is 0 Å². The summed E-state index contributed by atoms with van der Waals surface area (Å²) in [6.45, 7) is 4.72. The van der Waals surface area contributed by atoms with Crippen LogP contribution in [0.25, 0.3) is 0 Å². The van der Waals surface area contributed by atoms with Crippen molar-refractivity contribution in [3.05, 3.63) is 0 Å². The number of aliphatic hydroxyl groups is 3. The Morgan fingerprint density at radius 2 is 1.73 bits per heavy atom. The van der Waals surface area contributed by atoms with E-state index in [1.54, 1.807) is 0 Å². The van der Waals surface area contributed by atoms with E-state index >= 15 is 0 Å². The SMILES string of the molecule is CCCCCCC[C@H](O)[C@H](O)CN1CC[C@H](CO)C1.O=C(O)C(F)(F)F. The molecule has 0 spiro atoms. The lowest BCUT2D eigenvalue weighted by molar-refractivity contribution is -0.192. The smallest absolute Gasteiger partial charge is 0.475 e. The largest absolute Gasteiger partial charge is 0.490 e. The number of hydrogen-bond donors (Lipinski definition) is 4. The van der Waals surface area contributed by atoms with Gasteiger partial charge in [0.2, 0.25) is 0 Å². The lowest BCUT2D eigenvalue weighted by atomic mass is 10.0. The number of halogens is 3. The summed E-state index contributed by atoms with van der Waals surface area (Å²) >= 11 is 0. The fourth-order valence-corrected chi connectivity index (χ4v) is 2.76. The van der Waals surface area contributed by atoms with Gasteiger partial charge >= 0.3 is 12.1 Å². The Morgan fingerprint density at radius 1 is 1.15 bits per heavy atom. The van der Waals surface area contributed by atoms with E-state index in [4.69, 9.17) is 15.0 Å². The van der Waals surface area contributed by atoms with E-state index in [-0.39, 0.29) is 6.61 Å². The lowest BCUT2D eigenvalue weighted by Gasteiger charge is -2.23. The second-order valence-electron chi connectivity index (χ2n) is 6.74. The molecule has 4 N–H and O–H groups in total. The minimum atomic E-state index is -5.08. The number of carboxylic acid groups (broad SMARTS) is 1. The standard InChI is InChI=1S/C15H31NO3.C2HF3O2/c1-2-3-4-5-6-7-14(18)15(19)11-16-9-8-13(10-16)12-17;3-2(4,5)1(6)7/h13-15,17-19H,2-12H2,1H3;(H,6,7)/t13-,14-,15+;/m0./s1. The highest BCUT2D eigenvalue weighted by Gasteiger charge is 2.38. The first-order valence-corrected chi connectivity index (χ1v) is 9.11. The maximum Gasteiger partial charge on any atom is 0.490 e. The molecule has 0 aromatic heterocycles. The molecule has 6 nitrogen and oxygen atoms in total. The minimum absolute atomic E-state index is 0.229. The molecule has 9 heteroatoms. The number of hydrogen-bond acceptors (Lipinski definition) is 5.